The first-order valence-corrected chi connectivity index (χ1v) is 15.2. The van der Waals surface area contributed by atoms with E-state index in [0.29, 0.717) is 36.7 Å². The molecule has 1 aromatic heterocycles. The van der Waals surface area contributed by atoms with Gasteiger partial charge in [0.05, 0.1) is 23.7 Å². The van der Waals surface area contributed by atoms with Crippen molar-refractivity contribution < 1.29 is 49.4 Å². The Hall–Kier alpha value is -3.89. The molecule has 0 saturated heterocycles. The van der Waals surface area contributed by atoms with E-state index in [1.807, 2.05) is 0 Å². The van der Waals surface area contributed by atoms with Crippen LogP contribution in [0.5, 0.6) is 0 Å². The number of hydrogen-bond acceptors (Lipinski definition) is 6. The molecule has 1 aliphatic carbocycles. The maximum Gasteiger partial charge on any atom is 0.416 e. The summed E-state index contributed by atoms with van der Waals surface area (Å²) in [5, 5.41) is 23.9. The van der Waals surface area contributed by atoms with Gasteiger partial charge in [0, 0.05) is 19.5 Å². The molecule has 2 N–H and O–H groups in total. The van der Waals surface area contributed by atoms with E-state index in [4.69, 9.17) is 5.11 Å². The van der Waals surface area contributed by atoms with Crippen LogP contribution < -0.4 is 10.2 Å². The number of carboxylic acid groups (broad SMARTS) is 1. The predicted molar refractivity (Wildman–Crippen MR) is 156 cm³/mol. The smallest absolute Gasteiger partial charge is 0.416 e. The molecule has 0 atom stereocenters. The SMILES string of the molecule is Cc1cc(CCNC[C@H]2CC[C@H](CC(=O)O)CC2)c(CN(Cc2cc(C(F)(F)F)cc(C(F)(F)F)c2)c2nnn(C)n2)cc1C(F)(F)F. The number of halogens is 9. The van der Waals surface area contributed by atoms with Crippen LogP contribution >= 0.6 is 0 Å². The van der Waals surface area contributed by atoms with E-state index in [1.54, 1.807) is 0 Å². The molecule has 8 nitrogen and oxygen atoms in total. The first-order valence-electron chi connectivity index (χ1n) is 15.2. The predicted octanol–water partition coefficient (Wildman–Crippen LogP) is 7.19. The minimum atomic E-state index is -5.10. The van der Waals surface area contributed by atoms with E-state index in [9.17, 15) is 44.3 Å². The van der Waals surface area contributed by atoms with Gasteiger partial charge in [-0.3, -0.25) is 4.79 Å². The number of carbonyl (C=O) groups is 1. The number of rotatable bonds is 12. The van der Waals surface area contributed by atoms with E-state index >= 15 is 0 Å². The average molecular weight is 695 g/mol. The van der Waals surface area contributed by atoms with Crippen LogP contribution in [-0.2, 0) is 49.9 Å². The molecule has 0 unspecified atom stereocenters. The molecule has 0 bridgehead atoms. The van der Waals surface area contributed by atoms with E-state index in [1.165, 1.54) is 24.9 Å². The van der Waals surface area contributed by atoms with Gasteiger partial charge in [-0.25, -0.2) is 0 Å². The van der Waals surface area contributed by atoms with Crippen molar-refractivity contribution in [2.24, 2.45) is 18.9 Å². The van der Waals surface area contributed by atoms with Crippen molar-refractivity contribution in [2.45, 2.75) is 77.1 Å². The summed E-state index contributed by atoms with van der Waals surface area (Å²) >= 11 is 0. The van der Waals surface area contributed by atoms with Crippen LogP contribution in [-0.4, -0.2) is 44.4 Å². The molecular formula is C31H35F9N6O2. The Morgan fingerprint density at radius 1 is 0.875 bits per heavy atom. The highest BCUT2D eigenvalue weighted by atomic mass is 19.4. The molecule has 0 amide bonds. The number of aliphatic carboxylic acids is 1. The monoisotopic (exact) mass is 694 g/mol. The van der Waals surface area contributed by atoms with E-state index in [0.717, 1.165) is 36.5 Å². The number of aryl methyl sites for hydroxylation is 2. The van der Waals surface area contributed by atoms with E-state index < -0.39 is 53.3 Å². The highest BCUT2D eigenvalue weighted by Crippen LogP contribution is 2.38. The van der Waals surface area contributed by atoms with Crippen LogP contribution in [0.1, 0.15) is 71.0 Å². The zero-order chi connectivity index (χ0) is 35.4. The van der Waals surface area contributed by atoms with Gasteiger partial charge in [-0.15, -0.1) is 5.10 Å². The fourth-order valence-corrected chi connectivity index (χ4v) is 6.05. The van der Waals surface area contributed by atoms with E-state index in [-0.39, 0.29) is 48.4 Å². The topological polar surface area (TPSA) is 96.2 Å². The summed E-state index contributed by atoms with van der Waals surface area (Å²) in [5.41, 5.74) is -3.82. The minimum absolute atomic E-state index is 0.00317. The Labute approximate surface area is 270 Å². The zero-order valence-corrected chi connectivity index (χ0v) is 26.1. The molecule has 2 aromatic carbocycles. The van der Waals surface area contributed by atoms with Gasteiger partial charge in [0.25, 0.3) is 5.95 Å². The Morgan fingerprint density at radius 2 is 1.48 bits per heavy atom. The van der Waals surface area contributed by atoms with Gasteiger partial charge in [0.15, 0.2) is 0 Å². The fraction of sp³-hybridized carbons (Fsp3) is 0.548. The van der Waals surface area contributed by atoms with E-state index in [2.05, 4.69) is 20.7 Å². The van der Waals surface area contributed by atoms with Gasteiger partial charge in [-0.1, -0.05) is 11.2 Å². The largest absolute Gasteiger partial charge is 0.481 e. The number of anilines is 1. The number of hydrogen-bond donors (Lipinski definition) is 2. The van der Waals surface area contributed by atoms with Crippen LogP contribution in [0.2, 0.25) is 0 Å². The van der Waals surface area contributed by atoms with Crippen LogP contribution in [0.4, 0.5) is 45.5 Å². The first-order chi connectivity index (χ1) is 22.3. The lowest BCUT2D eigenvalue weighted by atomic mass is 9.80. The molecule has 0 aliphatic heterocycles. The zero-order valence-electron chi connectivity index (χ0n) is 26.1. The van der Waals surface area contributed by atoms with Crippen molar-refractivity contribution in [3.8, 4) is 0 Å². The van der Waals surface area contributed by atoms with Gasteiger partial charge in [0.2, 0.25) is 0 Å². The molecule has 1 heterocycles. The molecule has 264 valence electrons. The maximum atomic E-state index is 14.0. The third-order valence-electron chi connectivity index (χ3n) is 8.45. The summed E-state index contributed by atoms with van der Waals surface area (Å²) in [6.45, 7) is 1.33. The highest BCUT2D eigenvalue weighted by molar-refractivity contribution is 5.67. The number of alkyl halides is 9. The van der Waals surface area contributed by atoms with Gasteiger partial charge in [-0.05, 0) is 116 Å². The molecule has 48 heavy (non-hydrogen) atoms. The lowest BCUT2D eigenvalue weighted by Gasteiger charge is -2.28. The first kappa shape index (κ1) is 36.9. The number of benzene rings is 2. The minimum Gasteiger partial charge on any atom is -0.481 e. The summed E-state index contributed by atoms with van der Waals surface area (Å²) in [4.78, 5) is 13.2. The molecule has 4 rings (SSSR count). The number of nitrogens with zero attached hydrogens (tertiary/aromatic N) is 5. The molecule has 1 fully saturated rings. The van der Waals surface area contributed by atoms with Crippen LogP contribution in [0.25, 0.3) is 0 Å². The van der Waals surface area contributed by atoms with Crippen molar-refractivity contribution in [3.63, 3.8) is 0 Å². The molecule has 1 saturated carbocycles. The maximum absolute atomic E-state index is 14.0. The molecule has 3 aromatic rings. The normalized spacial score (nSPS) is 17.5. The summed E-state index contributed by atoms with van der Waals surface area (Å²) in [6.07, 6.45) is -11.2. The van der Waals surface area contributed by atoms with Crippen LogP contribution in [0, 0.1) is 18.8 Å². The summed E-state index contributed by atoms with van der Waals surface area (Å²) in [5.74, 6) is -0.579. The number of nitrogens with one attached hydrogen (secondary N) is 1. The standard InChI is InChI=1S/C31H35F9N6O2/c1-18-9-22(7-8-41-15-20-5-3-19(4-6-20)12-27(47)48)23(13-26(18)31(38,39)40)17-46(28-42-44-45(2)43-28)16-21-10-24(29(32,33)34)14-25(11-21)30(35,36)37/h9-11,13-14,19-20,41H,3-8,12,15-17H2,1-2H3,(H,47,48)/t19-,20-. The molecular weight excluding hydrogens is 659 g/mol. The van der Waals surface area contributed by atoms with Crippen LogP contribution in [0.3, 0.4) is 0 Å². The number of aromatic nitrogens is 4. The lowest BCUT2D eigenvalue weighted by molar-refractivity contribution is -0.143. The van der Waals surface area contributed by atoms with Crippen molar-refractivity contribution in [1.82, 2.24) is 25.5 Å². The van der Waals surface area contributed by atoms with Crippen molar-refractivity contribution in [3.05, 3.63) is 69.3 Å². The summed E-state index contributed by atoms with van der Waals surface area (Å²) in [7, 11) is 1.38. The summed E-state index contributed by atoms with van der Waals surface area (Å²) < 4.78 is 123. The number of tetrazole rings is 1. The Bertz CT molecular complexity index is 1530. The van der Waals surface area contributed by atoms with Gasteiger partial charge in [0.1, 0.15) is 0 Å². The third kappa shape index (κ3) is 10.1. The second kappa shape index (κ2) is 14.7. The van der Waals surface area contributed by atoms with Crippen LogP contribution in [0.15, 0.2) is 30.3 Å². The average Bonchev–Trinajstić information content (AvgIpc) is 3.41. The Kier molecular flexibility index (Phi) is 11.3. The van der Waals surface area contributed by atoms with Gasteiger partial charge in [-0.2, -0.15) is 44.3 Å². The highest BCUT2D eigenvalue weighted by Gasteiger charge is 2.37. The quantitative estimate of drug-likeness (QED) is 0.153. The van der Waals surface area contributed by atoms with Crippen molar-refractivity contribution in [2.75, 3.05) is 18.0 Å². The Balaban J connectivity index is 1.60. The third-order valence-corrected chi connectivity index (χ3v) is 8.45. The van der Waals surface area contributed by atoms with Crippen molar-refractivity contribution in [1.29, 1.82) is 0 Å². The number of carboxylic acids is 1. The molecule has 17 heteroatoms. The Morgan fingerprint density at radius 3 is 2.00 bits per heavy atom. The van der Waals surface area contributed by atoms with Gasteiger partial charge < -0.3 is 15.3 Å². The van der Waals surface area contributed by atoms with Gasteiger partial charge >= 0.3 is 24.5 Å². The van der Waals surface area contributed by atoms with Crippen molar-refractivity contribution >= 4 is 11.9 Å². The second-order valence-electron chi connectivity index (χ2n) is 12.2. The molecule has 0 spiro atoms. The molecule has 0 radical (unpaired) electrons. The lowest BCUT2D eigenvalue weighted by Crippen LogP contribution is -2.29. The second-order valence-corrected chi connectivity index (χ2v) is 12.2. The molecule has 1 aliphatic rings. The fourth-order valence-electron chi connectivity index (χ4n) is 6.05. The summed E-state index contributed by atoms with van der Waals surface area (Å²) in [6, 6.07) is 3.41.